The Labute approximate surface area is 108 Å². The van der Waals surface area contributed by atoms with Crippen molar-refractivity contribution in [3.8, 4) is 0 Å². The fraction of sp³-hybridized carbons (Fsp3) is 0.429. The zero-order chi connectivity index (χ0) is 14.8. The molecule has 0 atom stereocenters. The summed E-state index contributed by atoms with van der Waals surface area (Å²) < 4.78 is 0. The van der Waals surface area contributed by atoms with Gasteiger partial charge in [0.25, 0.3) is 0 Å². The molecule has 0 aliphatic rings. The van der Waals surface area contributed by atoms with Crippen LogP contribution in [0.15, 0.2) is 18.2 Å². The molecule has 0 radical (unpaired) electrons. The highest BCUT2D eigenvalue weighted by molar-refractivity contribution is 5.37. The largest absolute Gasteiger partial charge is 0.231 e. The van der Waals surface area contributed by atoms with E-state index in [0.717, 1.165) is 12.2 Å². The molecule has 0 aliphatic heterocycles. The van der Waals surface area contributed by atoms with Crippen molar-refractivity contribution in [2.75, 3.05) is 0 Å². The molecule has 4 nitrogen and oxygen atoms in total. The maximum atomic E-state index is 8.35. The van der Waals surface area contributed by atoms with Gasteiger partial charge in [0.05, 0.1) is 0 Å². The summed E-state index contributed by atoms with van der Waals surface area (Å²) in [6, 6.07) is 6.54. The monoisotopic (exact) mass is 248 g/mol. The van der Waals surface area contributed by atoms with Crippen molar-refractivity contribution < 1.29 is 9.59 Å². The van der Waals surface area contributed by atoms with Crippen molar-refractivity contribution in [2.45, 2.75) is 40.0 Å². The highest BCUT2D eigenvalue weighted by atomic mass is 16.1. The van der Waals surface area contributed by atoms with Gasteiger partial charge in [-0.05, 0) is 36.0 Å². The fourth-order valence-electron chi connectivity index (χ4n) is 1.56. The number of benzene rings is 1. The lowest BCUT2D eigenvalue weighted by Crippen LogP contribution is -2.13. The molecule has 4 heteroatoms. The van der Waals surface area contributed by atoms with Gasteiger partial charge in [-0.25, -0.2) is 20.4 Å². The highest BCUT2D eigenvalue weighted by Crippen LogP contribution is 2.26. The molecule has 1 rings (SSSR count). The first-order chi connectivity index (χ1) is 8.25. The predicted molar refractivity (Wildman–Crippen MR) is 71.4 cm³/mol. The van der Waals surface area contributed by atoms with E-state index >= 15 is 0 Å². The Kier molecular flexibility index (Phi) is 9.23. The van der Waals surface area contributed by atoms with Crippen LogP contribution < -0.4 is 0 Å². The lowest BCUT2D eigenvalue weighted by Gasteiger charge is -2.22. The molecule has 1 aromatic carbocycles. The average Bonchev–Trinajstić information content (AvgIpc) is 2.22. The van der Waals surface area contributed by atoms with Gasteiger partial charge >= 0.3 is 0 Å². The third-order valence-electron chi connectivity index (χ3n) is 2.41. The number of rotatable bonds is 0. The summed E-state index contributed by atoms with van der Waals surface area (Å²) in [4.78, 5) is 16.7. The summed E-state index contributed by atoms with van der Waals surface area (Å²) in [6.45, 7) is 11.2. The molecule has 18 heavy (non-hydrogen) atoms. The van der Waals surface area contributed by atoms with E-state index in [1.165, 1.54) is 16.7 Å². The van der Waals surface area contributed by atoms with Gasteiger partial charge in [0.1, 0.15) is 0 Å². The summed E-state index contributed by atoms with van der Waals surface area (Å²) >= 11 is 0. The van der Waals surface area contributed by atoms with Gasteiger partial charge in [-0.15, -0.1) is 0 Å². The van der Waals surface area contributed by atoms with Crippen LogP contribution >= 0.6 is 0 Å². The van der Waals surface area contributed by atoms with E-state index in [-0.39, 0.29) is 5.41 Å². The van der Waals surface area contributed by atoms with Crippen molar-refractivity contribution in [1.82, 2.24) is 0 Å². The first-order valence-electron chi connectivity index (χ1n) is 5.40. The van der Waals surface area contributed by atoms with Crippen molar-refractivity contribution >= 4 is 12.2 Å². The lowest BCUT2D eigenvalue weighted by molar-refractivity contribution is 0.562. The molecule has 2 N–H and O–H groups in total. The fourth-order valence-corrected chi connectivity index (χ4v) is 1.56. The molecule has 0 amide bonds. The molecule has 0 heterocycles. The second-order valence-corrected chi connectivity index (χ2v) is 4.70. The zero-order valence-electron chi connectivity index (χ0n) is 11.5. The number of carbonyl (C=O) groups excluding carboxylic acids is 2. The number of hydrogen-bond donors (Lipinski definition) is 2. The van der Waals surface area contributed by atoms with E-state index in [1.54, 1.807) is 0 Å². The molecule has 0 saturated heterocycles. The zero-order valence-corrected chi connectivity index (χ0v) is 11.5. The Balaban J connectivity index is 0. The molecule has 0 aromatic heterocycles. The Bertz CT molecular complexity index is 422. The van der Waals surface area contributed by atoms with E-state index in [1.807, 2.05) is 0 Å². The third-order valence-corrected chi connectivity index (χ3v) is 2.41. The first kappa shape index (κ1) is 18.3. The quantitative estimate of drug-likeness (QED) is 0.545. The van der Waals surface area contributed by atoms with Crippen LogP contribution in [0.1, 0.15) is 37.5 Å². The van der Waals surface area contributed by atoms with Crippen LogP contribution in [0.4, 0.5) is 0 Å². The summed E-state index contributed by atoms with van der Waals surface area (Å²) in [5.74, 6) is 0. The SMILES string of the molecule is Cc1cccc(C(C)(C)C)c1C.N=C=O.N=C=O. The van der Waals surface area contributed by atoms with Crippen LogP contribution in [0.2, 0.25) is 0 Å². The Morgan fingerprint density at radius 2 is 1.39 bits per heavy atom. The second-order valence-electron chi connectivity index (χ2n) is 4.70. The smallest absolute Gasteiger partial charge is 0.222 e. The molecule has 0 spiro atoms. The molecular formula is C14H20N2O2. The highest BCUT2D eigenvalue weighted by Gasteiger charge is 2.15. The van der Waals surface area contributed by atoms with E-state index in [2.05, 4.69) is 52.8 Å². The number of aryl methyl sites for hydroxylation is 1. The summed E-state index contributed by atoms with van der Waals surface area (Å²) in [5.41, 5.74) is 4.56. The molecule has 0 saturated carbocycles. The van der Waals surface area contributed by atoms with Crippen molar-refractivity contribution in [3.63, 3.8) is 0 Å². The minimum Gasteiger partial charge on any atom is -0.222 e. The topological polar surface area (TPSA) is 81.8 Å². The molecule has 0 bridgehead atoms. The van der Waals surface area contributed by atoms with Crippen molar-refractivity contribution in [1.29, 1.82) is 10.8 Å². The molecule has 98 valence electrons. The van der Waals surface area contributed by atoms with E-state index in [9.17, 15) is 0 Å². The van der Waals surface area contributed by atoms with E-state index < -0.39 is 0 Å². The Morgan fingerprint density at radius 3 is 1.67 bits per heavy atom. The van der Waals surface area contributed by atoms with Crippen LogP contribution in [0.5, 0.6) is 0 Å². The molecular weight excluding hydrogens is 228 g/mol. The standard InChI is InChI=1S/C12H18.2CHNO/c1-9-7-6-8-11(10(9)2)12(3,4)5;2*2-1-3/h6-8H,1-5H3;2*2H. The van der Waals surface area contributed by atoms with Gasteiger partial charge in [0.2, 0.25) is 12.2 Å². The summed E-state index contributed by atoms with van der Waals surface area (Å²) in [5, 5.41) is 10.8. The molecule has 0 unspecified atom stereocenters. The number of hydrogen-bond acceptors (Lipinski definition) is 4. The van der Waals surface area contributed by atoms with Crippen LogP contribution in [0.3, 0.4) is 0 Å². The number of isocyanates is 2. The normalized spacial score (nSPS) is 8.72. The third kappa shape index (κ3) is 7.29. The van der Waals surface area contributed by atoms with Crippen molar-refractivity contribution in [3.05, 3.63) is 34.9 Å². The Hall–Kier alpha value is -2.02. The van der Waals surface area contributed by atoms with E-state index in [0.29, 0.717) is 0 Å². The summed E-state index contributed by atoms with van der Waals surface area (Å²) in [6.07, 6.45) is 1.50. The predicted octanol–water partition coefficient (Wildman–Crippen LogP) is 3.40. The van der Waals surface area contributed by atoms with Gasteiger partial charge in [-0.1, -0.05) is 39.0 Å². The second kappa shape index (κ2) is 9.06. The molecule has 0 fully saturated rings. The van der Waals surface area contributed by atoms with Crippen molar-refractivity contribution in [2.24, 2.45) is 0 Å². The molecule has 0 aliphatic carbocycles. The first-order valence-corrected chi connectivity index (χ1v) is 5.40. The average molecular weight is 248 g/mol. The van der Waals surface area contributed by atoms with Gasteiger partial charge in [0.15, 0.2) is 0 Å². The maximum Gasteiger partial charge on any atom is 0.231 e. The van der Waals surface area contributed by atoms with Gasteiger partial charge in [-0.3, -0.25) is 0 Å². The van der Waals surface area contributed by atoms with E-state index in [4.69, 9.17) is 20.4 Å². The minimum atomic E-state index is 0.274. The van der Waals surface area contributed by atoms with Crippen LogP contribution in [-0.2, 0) is 15.0 Å². The number of nitrogens with one attached hydrogen (secondary N) is 2. The molecule has 1 aromatic rings. The van der Waals surface area contributed by atoms with Gasteiger partial charge in [0, 0.05) is 0 Å². The lowest BCUT2D eigenvalue weighted by atomic mass is 9.83. The Morgan fingerprint density at radius 1 is 1.00 bits per heavy atom. The van der Waals surface area contributed by atoms with Gasteiger partial charge < -0.3 is 0 Å². The maximum absolute atomic E-state index is 8.35. The van der Waals surface area contributed by atoms with Crippen LogP contribution in [-0.4, -0.2) is 12.2 Å². The van der Waals surface area contributed by atoms with Gasteiger partial charge in [-0.2, -0.15) is 0 Å². The minimum absolute atomic E-state index is 0.274. The van der Waals surface area contributed by atoms with Crippen LogP contribution in [0, 0.1) is 24.7 Å². The van der Waals surface area contributed by atoms with Crippen LogP contribution in [0.25, 0.3) is 0 Å². The summed E-state index contributed by atoms with van der Waals surface area (Å²) in [7, 11) is 0.